The van der Waals surface area contributed by atoms with E-state index in [2.05, 4.69) is 5.32 Å². The summed E-state index contributed by atoms with van der Waals surface area (Å²) >= 11 is 5.77. The molecular formula is C32H39N3O6S. The highest BCUT2D eigenvalue weighted by atomic mass is 32.1. The summed E-state index contributed by atoms with van der Waals surface area (Å²) in [5, 5.41) is 3.96. The number of hydrogen-bond donors (Lipinski definition) is 1. The molecule has 1 aliphatic heterocycles. The van der Waals surface area contributed by atoms with Gasteiger partial charge < -0.3 is 24.3 Å². The number of benzene rings is 2. The number of carbonyl (C=O) groups excluding carboxylic acids is 2. The molecule has 1 aromatic heterocycles. The first kappa shape index (κ1) is 31.0. The van der Waals surface area contributed by atoms with Crippen molar-refractivity contribution >= 4 is 40.2 Å². The Balaban J connectivity index is 1.67. The largest absolute Gasteiger partial charge is 0.497 e. The molecule has 4 rings (SSSR count). The summed E-state index contributed by atoms with van der Waals surface area (Å²) < 4.78 is 22.8. The van der Waals surface area contributed by atoms with Crippen molar-refractivity contribution in [3.8, 4) is 22.8 Å². The number of pyridine rings is 1. The van der Waals surface area contributed by atoms with Crippen molar-refractivity contribution in [2.45, 2.75) is 70.7 Å². The molecule has 0 spiro atoms. The number of hydrogen-bond acceptors (Lipinski definition) is 8. The Morgan fingerprint density at radius 2 is 1.86 bits per heavy atom. The van der Waals surface area contributed by atoms with Gasteiger partial charge in [-0.15, -0.1) is 0 Å². The zero-order valence-corrected chi connectivity index (χ0v) is 25.8. The van der Waals surface area contributed by atoms with E-state index in [1.165, 1.54) is 7.11 Å². The van der Waals surface area contributed by atoms with Crippen LogP contribution in [0.25, 0.3) is 22.2 Å². The van der Waals surface area contributed by atoms with E-state index in [1.807, 2.05) is 82.3 Å². The molecule has 2 heterocycles. The zero-order chi connectivity index (χ0) is 30.4. The minimum atomic E-state index is -0.697. The van der Waals surface area contributed by atoms with Crippen molar-refractivity contribution in [3.63, 3.8) is 0 Å². The van der Waals surface area contributed by atoms with Crippen molar-refractivity contribution in [3.05, 3.63) is 54.6 Å². The molecule has 42 heavy (non-hydrogen) atoms. The van der Waals surface area contributed by atoms with Crippen molar-refractivity contribution in [2.24, 2.45) is 0 Å². The molecule has 1 N–H and O–H groups in total. The van der Waals surface area contributed by atoms with E-state index in [0.717, 1.165) is 28.6 Å². The summed E-state index contributed by atoms with van der Waals surface area (Å²) in [5.74, 6) is 0.918. The Bertz CT molecular complexity index is 1430. The fourth-order valence-corrected chi connectivity index (χ4v) is 5.30. The van der Waals surface area contributed by atoms with E-state index in [9.17, 15) is 9.59 Å². The van der Waals surface area contributed by atoms with Crippen LogP contribution >= 0.6 is 12.2 Å². The fraction of sp³-hybridized carbons (Fsp3) is 0.438. The number of rotatable bonds is 9. The van der Waals surface area contributed by atoms with Gasteiger partial charge in [0.05, 0.1) is 43.0 Å². The molecule has 1 amide bonds. The summed E-state index contributed by atoms with van der Waals surface area (Å²) in [4.78, 5) is 32.6. The number of carbonyl (C=O) groups is 2. The number of aromatic nitrogens is 1. The number of ether oxygens (including phenoxy) is 4. The number of amides is 1. The number of methoxy groups -OCH3 is 2. The highest BCUT2D eigenvalue weighted by Crippen LogP contribution is 2.35. The molecular weight excluding hydrogens is 554 g/mol. The summed E-state index contributed by atoms with van der Waals surface area (Å²) in [6, 6.07) is 16.3. The Morgan fingerprint density at radius 1 is 1.12 bits per heavy atom. The molecule has 10 heteroatoms. The van der Waals surface area contributed by atoms with Gasteiger partial charge in [-0.05, 0) is 39.3 Å². The molecule has 0 saturated carbocycles. The lowest BCUT2D eigenvalue weighted by Crippen LogP contribution is -2.51. The first-order valence-electron chi connectivity index (χ1n) is 14.1. The van der Waals surface area contributed by atoms with Crippen LogP contribution in [0.4, 0.5) is 4.79 Å². The van der Waals surface area contributed by atoms with E-state index < -0.39 is 35.9 Å². The zero-order valence-electron chi connectivity index (χ0n) is 25.0. The van der Waals surface area contributed by atoms with Crippen LogP contribution in [0, 0.1) is 0 Å². The molecule has 3 aromatic rings. The van der Waals surface area contributed by atoms with Gasteiger partial charge in [-0.25, -0.2) is 14.6 Å². The van der Waals surface area contributed by atoms with Crippen LogP contribution < -0.4 is 14.8 Å². The lowest BCUT2D eigenvalue weighted by atomic mass is 10.1. The van der Waals surface area contributed by atoms with Gasteiger partial charge >= 0.3 is 12.1 Å². The molecule has 1 fully saturated rings. The minimum absolute atomic E-state index is 0.249. The van der Waals surface area contributed by atoms with Gasteiger partial charge in [-0.3, -0.25) is 4.90 Å². The SMILES string of the molecule is CCCC(NC(=S)[C@@H]1C[C@@H](Oc2cc(-c3ccccc3)nc3cc(OC)ccc23)CN1C(=O)OC(C)(C)C)C(=O)OC. The molecule has 9 nitrogen and oxygen atoms in total. The summed E-state index contributed by atoms with van der Waals surface area (Å²) in [6.07, 6.45) is 0.806. The third kappa shape index (κ3) is 7.47. The number of nitrogens with one attached hydrogen (secondary N) is 1. The highest BCUT2D eigenvalue weighted by molar-refractivity contribution is 7.80. The second-order valence-electron chi connectivity index (χ2n) is 11.3. The number of nitrogens with zero attached hydrogens (tertiary/aromatic N) is 2. The second-order valence-corrected chi connectivity index (χ2v) is 11.7. The lowest BCUT2D eigenvalue weighted by molar-refractivity contribution is -0.142. The monoisotopic (exact) mass is 593 g/mol. The average molecular weight is 594 g/mol. The van der Waals surface area contributed by atoms with Crippen molar-refractivity contribution in [1.82, 2.24) is 15.2 Å². The molecule has 1 aliphatic rings. The normalized spacial score (nSPS) is 17.4. The quantitative estimate of drug-likeness (QED) is 0.239. The molecule has 1 unspecified atom stereocenters. The Kier molecular flexibility index (Phi) is 9.88. The molecule has 224 valence electrons. The third-order valence-corrected chi connectivity index (χ3v) is 7.31. The Hall–Kier alpha value is -3.92. The van der Waals surface area contributed by atoms with Crippen LogP contribution in [0.15, 0.2) is 54.6 Å². The van der Waals surface area contributed by atoms with Crippen molar-refractivity contribution in [2.75, 3.05) is 20.8 Å². The first-order chi connectivity index (χ1) is 20.0. The van der Waals surface area contributed by atoms with Gasteiger partial charge in [0.25, 0.3) is 0 Å². The lowest BCUT2D eigenvalue weighted by Gasteiger charge is -2.30. The van der Waals surface area contributed by atoms with E-state index >= 15 is 0 Å². The third-order valence-electron chi connectivity index (χ3n) is 6.92. The van der Waals surface area contributed by atoms with E-state index in [0.29, 0.717) is 29.3 Å². The van der Waals surface area contributed by atoms with E-state index in [4.69, 9.17) is 36.1 Å². The van der Waals surface area contributed by atoms with Crippen molar-refractivity contribution < 1.29 is 28.5 Å². The topological polar surface area (TPSA) is 99.2 Å². The van der Waals surface area contributed by atoms with Crippen LogP contribution in [0.2, 0.25) is 0 Å². The summed E-state index contributed by atoms with van der Waals surface area (Å²) in [7, 11) is 2.96. The standard InChI is InChI=1S/C32H39N3O6S/c1-7-11-24(30(36)39-6)34-29(42)27-17-22(19-35(27)31(37)41-32(2,3)4)40-28-18-25(20-12-9-8-10-13-20)33-26-16-21(38-5)14-15-23(26)28/h8-10,12-16,18,22,24,27H,7,11,17,19H2,1-6H3,(H,34,42)/t22-,24?,27+/m1/s1. The fourth-order valence-electron chi connectivity index (χ4n) is 4.94. The highest BCUT2D eigenvalue weighted by Gasteiger charge is 2.42. The number of likely N-dealkylation sites (tertiary alicyclic amines) is 1. The molecule has 0 bridgehead atoms. The predicted molar refractivity (Wildman–Crippen MR) is 166 cm³/mol. The van der Waals surface area contributed by atoms with Crippen LogP contribution in [0.1, 0.15) is 47.0 Å². The molecule has 2 aromatic carbocycles. The number of thiocarbonyl (C=S) groups is 1. The summed E-state index contributed by atoms with van der Waals surface area (Å²) in [5.41, 5.74) is 1.73. The van der Waals surface area contributed by atoms with Gasteiger partial charge in [0.2, 0.25) is 0 Å². The Morgan fingerprint density at radius 3 is 2.50 bits per heavy atom. The molecule has 3 atom stereocenters. The smallest absolute Gasteiger partial charge is 0.411 e. The van der Waals surface area contributed by atoms with Gasteiger partial charge in [-0.1, -0.05) is 55.9 Å². The minimum Gasteiger partial charge on any atom is -0.497 e. The molecule has 0 radical (unpaired) electrons. The van der Waals surface area contributed by atoms with Crippen LogP contribution in [-0.4, -0.2) is 71.5 Å². The molecule has 0 aliphatic carbocycles. The van der Waals surface area contributed by atoms with Crippen LogP contribution in [0.5, 0.6) is 11.5 Å². The van der Waals surface area contributed by atoms with Crippen LogP contribution in [-0.2, 0) is 14.3 Å². The maximum absolute atomic E-state index is 13.3. The first-order valence-corrected chi connectivity index (χ1v) is 14.5. The molecule has 1 saturated heterocycles. The van der Waals surface area contributed by atoms with Gasteiger partial charge in [0.15, 0.2) is 0 Å². The maximum atomic E-state index is 13.3. The predicted octanol–water partition coefficient (Wildman–Crippen LogP) is 5.93. The maximum Gasteiger partial charge on any atom is 0.411 e. The number of esters is 1. The number of fused-ring (bicyclic) bond motifs is 1. The van der Waals surface area contributed by atoms with Crippen LogP contribution in [0.3, 0.4) is 0 Å². The summed E-state index contributed by atoms with van der Waals surface area (Å²) in [6.45, 7) is 7.68. The van der Waals surface area contributed by atoms with E-state index in [1.54, 1.807) is 12.0 Å². The van der Waals surface area contributed by atoms with Crippen molar-refractivity contribution in [1.29, 1.82) is 0 Å². The average Bonchev–Trinajstić information content (AvgIpc) is 3.40. The van der Waals surface area contributed by atoms with Gasteiger partial charge in [-0.2, -0.15) is 0 Å². The Labute approximate surface area is 252 Å². The second kappa shape index (κ2) is 13.4. The van der Waals surface area contributed by atoms with Gasteiger partial charge in [0, 0.05) is 29.5 Å². The van der Waals surface area contributed by atoms with Gasteiger partial charge in [0.1, 0.15) is 29.2 Å². The van der Waals surface area contributed by atoms with E-state index in [-0.39, 0.29) is 6.54 Å².